The molecule has 1 aliphatic rings. The van der Waals surface area contributed by atoms with Crippen LogP contribution in [0.3, 0.4) is 0 Å². The number of hydrogen-bond donors (Lipinski definition) is 2. The second-order valence-electron chi connectivity index (χ2n) is 4.76. The Morgan fingerprint density at radius 3 is 2.32 bits per heavy atom. The number of urea groups is 1. The SMILES string of the molecule is C[C@@H]1CN(C(=O)NC(=O)CCCC(=O)O)C[C@H](C)O1. The van der Waals surface area contributed by atoms with E-state index in [9.17, 15) is 14.4 Å². The summed E-state index contributed by atoms with van der Waals surface area (Å²) in [5.41, 5.74) is 0. The Bertz CT molecular complexity index is 348. The van der Waals surface area contributed by atoms with Gasteiger partial charge < -0.3 is 14.7 Å². The van der Waals surface area contributed by atoms with Crippen LogP contribution >= 0.6 is 0 Å². The highest BCUT2D eigenvalue weighted by molar-refractivity contribution is 5.94. The fraction of sp³-hybridized carbons (Fsp3) is 0.750. The van der Waals surface area contributed by atoms with Crippen LogP contribution in [-0.2, 0) is 14.3 Å². The molecule has 0 aliphatic carbocycles. The van der Waals surface area contributed by atoms with Gasteiger partial charge in [-0.25, -0.2) is 4.79 Å². The minimum absolute atomic E-state index is 0.0352. The number of morpholine rings is 1. The second-order valence-corrected chi connectivity index (χ2v) is 4.76. The number of amides is 3. The van der Waals surface area contributed by atoms with E-state index in [0.717, 1.165) is 0 Å². The van der Waals surface area contributed by atoms with E-state index in [1.54, 1.807) is 0 Å². The van der Waals surface area contributed by atoms with Gasteiger partial charge in [0.25, 0.3) is 0 Å². The van der Waals surface area contributed by atoms with E-state index in [0.29, 0.717) is 13.1 Å². The van der Waals surface area contributed by atoms with E-state index >= 15 is 0 Å². The third-order valence-corrected chi connectivity index (χ3v) is 2.75. The first-order valence-electron chi connectivity index (χ1n) is 6.34. The van der Waals surface area contributed by atoms with E-state index in [4.69, 9.17) is 9.84 Å². The van der Waals surface area contributed by atoms with Crippen LogP contribution in [-0.4, -0.2) is 53.2 Å². The van der Waals surface area contributed by atoms with E-state index in [2.05, 4.69) is 5.32 Å². The summed E-state index contributed by atoms with van der Waals surface area (Å²) < 4.78 is 5.49. The molecule has 0 spiro atoms. The fourth-order valence-electron chi connectivity index (χ4n) is 2.00. The smallest absolute Gasteiger partial charge is 0.324 e. The number of carbonyl (C=O) groups is 3. The molecule has 108 valence electrons. The van der Waals surface area contributed by atoms with Gasteiger partial charge >= 0.3 is 12.0 Å². The summed E-state index contributed by atoms with van der Waals surface area (Å²) in [6.07, 6.45) is 0.0682. The highest BCUT2D eigenvalue weighted by atomic mass is 16.5. The molecule has 7 heteroatoms. The zero-order valence-electron chi connectivity index (χ0n) is 11.2. The molecule has 2 N–H and O–H groups in total. The number of aliphatic carboxylic acids is 1. The zero-order chi connectivity index (χ0) is 14.4. The van der Waals surface area contributed by atoms with Crippen molar-refractivity contribution in [2.75, 3.05) is 13.1 Å². The molecule has 1 heterocycles. The molecule has 0 aromatic rings. The lowest BCUT2D eigenvalue weighted by Crippen LogP contribution is -2.52. The van der Waals surface area contributed by atoms with Gasteiger partial charge in [0.2, 0.25) is 5.91 Å². The molecule has 1 aliphatic heterocycles. The first kappa shape index (κ1) is 15.4. The lowest BCUT2D eigenvalue weighted by atomic mass is 10.2. The van der Waals surface area contributed by atoms with Crippen molar-refractivity contribution in [3.8, 4) is 0 Å². The van der Waals surface area contributed by atoms with Gasteiger partial charge in [-0.15, -0.1) is 0 Å². The predicted octanol–water partition coefficient (Wildman–Crippen LogP) is 0.587. The van der Waals surface area contributed by atoms with Crippen LogP contribution in [0.2, 0.25) is 0 Å². The Morgan fingerprint density at radius 1 is 1.21 bits per heavy atom. The molecular formula is C12H20N2O5. The number of carbonyl (C=O) groups excluding carboxylic acids is 2. The first-order valence-corrected chi connectivity index (χ1v) is 6.34. The minimum atomic E-state index is -0.949. The van der Waals surface area contributed by atoms with Crippen molar-refractivity contribution in [3.05, 3.63) is 0 Å². The Labute approximate surface area is 111 Å². The topological polar surface area (TPSA) is 95.9 Å². The van der Waals surface area contributed by atoms with Gasteiger partial charge in [-0.05, 0) is 20.3 Å². The molecule has 1 rings (SSSR count). The number of carboxylic acids is 1. The van der Waals surface area contributed by atoms with E-state index in [-0.39, 0.29) is 31.5 Å². The van der Waals surface area contributed by atoms with Crippen LogP contribution in [0.5, 0.6) is 0 Å². The Kier molecular flexibility index (Phi) is 5.75. The zero-order valence-corrected chi connectivity index (χ0v) is 11.2. The maximum Gasteiger partial charge on any atom is 0.324 e. The van der Waals surface area contributed by atoms with Gasteiger partial charge in [-0.3, -0.25) is 14.9 Å². The normalized spacial score (nSPS) is 22.9. The molecular weight excluding hydrogens is 252 g/mol. The van der Waals surface area contributed by atoms with Gasteiger partial charge in [0.05, 0.1) is 12.2 Å². The van der Waals surface area contributed by atoms with Crippen molar-refractivity contribution in [3.63, 3.8) is 0 Å². The number of nitrogens with one attached hydrogen (secondary N) is 1. The number of ether oxygens (including phenoxy) is 1. The van der Waals surface area contributed by atoms with Crippen molar-refractivity contribution >= 4 is 17.9 Å². The van der Waals surface area contributed by atoms with Crippen molar-refractivity contribution in [2.24, 2.45) is 0 Å². The maximum atomic E-state index is 11.8. The van der Waals surface area contributed by atoms with Crippen LogP contribution in [0.15, 0.2) is 0 Å². The van der Waals surface area contributed by atoms with Crippen molar-refractivity contribution < 1.29 is 24.2 Å². The quantitative estimate of drug-likeness (QED) is 0.780. The molecule has 19 heavy (non-hydrogen) atoms. The number of nitrogens with zero attached hydrogens (tertiary/aromatic N) is 1. The van der Waals surface area contributed by atoms with Crippen molar-refractivity contribution in [1.82, 2.24) is 10.2 Å². The second kappa shape index (κ2) is 7.08. The van der Waals surface area contributed by atoms with Gasteiger partial charge in [0.1, 0.15) is 0 Å². The van der Waals surface area contributed by atoms with Gasteiger partial charge in [-0.1, -0.05) is 0 Å². The molecule has 0 saturated carbocycles. The molecule has 0 aromatic heterocycles. The van der Waals surface area contributed by atoms with E-state index in [1.165, 1.54) is 4.90 Å². The highest BCUT2D eigenvalue weighted by Crippen LogP contribution is 2.10. The van der Waals surface area contributed by atoms with Crippen LogP contribution in [0.4, 0.5) is 4.79 Å². The molecule has 1 fully saturated rings. The summed E-state index contributed by atoms with van der Waals surface area (Å²) in [5.74, 6) is -1.40. The van der Waals surface area contributed by atoms with E-state index in [1.807, 2.05) is 13.8 Å². The third-order valence-electron chi connectivity index (χ3n) is 2.75. The molecule has 2 atom stereocenters. The summed E-state index contributed by atoms with van der Waals surface area (Å²) in [5, 5.41) is 10.7. The van der Waals surface area contributed by atoms with Crippen LogP contribution < -0.4 is 5.32 Å². The Morgan fingerprint density at radius 2 is 1.79 bits per heavy atom. The van der Waals surface area contributed by atoms with Gasteiger partial charge in [-0.2, -0.15) is 0 Å². The first-order chi connectivity index (χ1) is 8.88. The van der Waals surface area contributed by atoms with Crippen LogP contribution in [0.1, 0.15) is 33.1 Å². The van der Waals surface area contributed by atoms with E-state index < -0.39 is 17.9 Å². The summed E-state index contributed by atoms with van der Waals surface area (Å²) >= 11 is 0. The number of hydrogen-bond acceptors (Lipinski definition) is 4. The molecule has 3 amide bonds. The standard InChI is InChI=1S/C12H20N2O5/c1-8-6-14(7-9(2)19-8)12(18)13-10(15)4-3-5-11(16)17/h8-9H,3-7H2,1-2H3,(H,16,17)(H,13,15,18)/t8-,9+. The van der Waals surface area contributed by atoms with Gasteiger partial charge in [0, 0.05) is 25.9 Å². The monoisotopic (exact) mass is 272 g/mol. The number of imide groups is 1. The van der Waals surface area contributed by atoms with Gasteiger partial charge in [0.15, 0.2) is 0 Å². The number of rotatable bonds is 4. The molecule has 7 nitrogen and oxygen atoms in total. The largest absolute Gasteiger partial charge is 0.481 e. The summed E-state index contributed by atoms with van der Waals surface area (Å²) in [6, 6.07) is -0.442. The Balaban J connectivity index is 2.33. The average Bonchev–Trinajstić information content (AvgIpc) is 2.26. The maximum absolute atomic E-state index is 11.8. The Hall–Kier alpha value is -1.63. The summed E-state index contributed by atoms with van der Waals surface area (Å²) in [6.45, 7) is 4.62. The number of carboxylic acid groups (broad SMARTS) is 1. The summed E-state index contributed by atoms with van der Waals surface area (Å²) in [4.78, 5) is 35.1. The lowest BCUT2D eigenvalue weighted by Gasteiger charge is -2.35. The van der Waals surface area contributed by atoms with Crippen LogP contribution in [0.25, 0.3) is 0 Å². The molecule has 1 saturated heterocycles. The molecule has 0 unspecified atom stereocenters. The predicted molar refractivity (Wildman–Crippen MR) is 66.6 cm³/mol. The van der Waals surface area contributed by atoms with Crippen molar-refractivity contribution in [1.29, 1.82) is 0 Å². The minimum Gasteiger partial charge on any atom is -0.481 e. The summed E-state index contributed by atoms with van der Waals surface area (Å²) in [7, 11) is 0. The third kappa shape index (κ3) is 5.69. The fourth-order valence-corrected chi connectivity index (χ4v) is 2.00. The highest BCUT2D eigenvalue weighted by Gasteiger charge is 2.26. The lowest BCUT2D eigenvalue weighted by molar-refractivity contribution is -0.137. The molecule has 0 radical (unpaired) electrons. The molecule has 0 aromatic carbocycles. The molecule has 0 bridgehead atoms. The average molecular weight is 272 g/mol. The van der Waals surface area contributed by atoms with Crippen LogP contribution in [0, 0.1) is 0 Å². The van der Waals surface area contributed by atoms with Crippen molar-refractivity contribution in [2.45, 2.75) is 45.3 Å².